The smallest absolute Gasteiger partial charge is 0.142 e. The third kappa shape index (κ3) is 5.60. The van der Waals surface area contributed by atoms with E-state index >= 15 is 0 Å². The molecule has 0 aromatic heterocycles. The maximum Gasteiger partial charge on any atom is 0.142 e. The van der Waals surface area contributed by atoms with E-state index in [4.69, 9.17) is 0 Å². The van der Waals surface area contributed by atoms with Crippen molar-refractivity contribution >= 4 is 7.85 Å². The Morgan fingerprint density at radius 2 is 1.80 bits per heavy atom. The molecule has 1 nitrogen and oxygen atoms in total. The lowest BCUT2D eigenvalue weighted by molar-refractivity contribution is 0.0971. The monoisotopic (exact) mass is 210 g/mol. The van der Waals surface area contributed by atoms with Crippen LogP contribution in [0.5, 0.6) is 0 Å². The first-order valence-electron chi connectivity index (χ1n) is 6.86. The molecule has 1 N–H and O–H groups in total. The largest absolute Gasteiger partial charge is 0.399 e. The lowest BCUT2D eigenvalue weighted by atomic mass is 9.72. The Labute approximate surface area is 96.1 Å². The third-order valence-corrected chi connectivity index (χ3v) is 3.85. The zero-order valence-electron chi connectivity index (χ0n) is 10.6. The van der Waals surface area contributed by atoms with Gasteiger partial charge in [0.05, 0.1) is 0 Å². The molecule has 0 aromatic rings. The number of hydrogen-bond donors (Lipinski definition) is 1. The van der Waals surface area contributed by atoms with Crippen molar-refractivity contribution in [3.63, 3.8) is 0 Å². The minimum absolute atomic E-state index is 0.381. The summed E-state index contributed by atoms with van der Waals surface area (Å²) in [7, 11) is 2.02. The highest BCUT2D eigenvalue weighted by molar-refractivity contribution is 6.14. The highest BCUT2D eigenvalue weighted by atomic mass is 16.3. The maximum atomic E-state index is 10.1. The topological polar surface area (TPSA) is 20.2 Å². The van der Waals surface area contributed by atoms with Gasteiger partial charge in [0.25, 0.3) is 0 Å². The molecule has 0 aliphatic heterocycles. The number of aliphatic hydroxyl groups is 1. The van der Waals surface area contributed by atoms with Crippen LogP contribution in [0.25, 0.3) is 0 Å². The van der Waals surface area contributed by atoms with Gasteiger partial charge in [-0.3, -0.25) is 0 Å². The second-order valence-corrected chi connectivity index (χ2v) is 5.64. The van der Waals surface area contributed by atoms with E-state index in [0.717, 1.165) is 18.8 Å². The van der Waals surface area contributed by atoms with Crippen LogP contribution in [0.3, 0.4) is 0 Å². The fourth-order valence-electron chi connectivity index (χ4n) is 2.85. The standard InChI is InChI=1S/C13H27BO/c1-2-7-12-8-4-3-5-10-13(14,15)11-6-9-12/h12,15H,2-11,14H2,1H3/t12-,13?/m0/s1. The minimum atomic E-state index is -0.381. The summed E-state index contributed by atoms with van der Waals surface area (Å²) in [6, 6.07) is 0. The third-order valence-electron chi connectivity index (χ3n) is 3.85. The Balaban J connectivity index is 2.36. The van der Waals surface area contributed by atoms with Gasteiger partial charge in [-0.1, -0.05) is 58.3 Å². The molecule has 0 aromatic carbocycles. The molecular formula is C13H27BO. The van der Waals surface area contributed by atoms with Gasteiger partial charge in [0.1, 0.15) is 7.85 Å². The molecule has 15 heavy (non-hydrogen) atoms. The fourth-order valence-corrected chi connectivity index (χ4v) is 2.85. The Hall–Kier alpha value is 0.0249. The van der Waals surface area contributed by atoms with Crippen molar-refractivity contribution in [1.82, 2.24) is 0 Å². The van der Waals surface area contributed by atoms with Crippen LogP contribution in [0.4, 0.5) is 0 Å². The number of rotatable bonds is 2. The van der Waals surface area contributed by atoms with Crippen molar-refractivity contribution in [3.05, 3.63) is 0 Å². The van der Waals surface area contributed by atoms with E-state index in [1.165, 1.54) is 51.4 Å². The van der Waals surface area contributed by atoms with Crippen molar-refractivity contribution in [2.45, 2.75) is 76.6 Å². The van der Waals surface area contributed by atoms with E-state index < -0.39 is 0 Å². The van der Waals surface area contributed by atoms with Crippen molar-refractivity contribution in [2.24, 2.45) is 5.92 Å². The van der Waals surface area contributed by atoms with Crippen LogP contribution in [0.1, 0.15) is 71.1 Å². The molecule has 88 valence electrons. The molecular weight excluding hydrogens is 183 g/mol. The first-order chi connectivity index (χ1) is 7.14. The van der Waals surface area contributed by atoms with Crippen LogP contribution >= 0.6 is 0 Å². The van der Waals surface area contributed by atoms with Gasteiger partial charge in [-0.25, -0.2) is 0 Å². The van der Waals surface area contributed by atoms with Crippen molar-refractivity contribution in [1.29, 1.82) is 0 Å². The Kier molecular flexibility index (Phi) is 5.74. The molecule has 0 heterocycles. The molecule has 1 rings (SSSR count). The van der Waals surface area contributed by atoms with Gasteiger partial charge in [0, 0.05) is 5.50 Å². The second kappa shape index (κ2) is 6.57. The SMILES string of the molecule is BC1(O)CCCCC[C@H](CCC)CCC1. The summed E-state index contributed by atoms with van der Waals surface area (Å²) in [5.74, 6) is 0.934. The Morgan fingerprint density at radius 3 is 2.53 bits per heavy atom. The van der Waals surface area contributed by atoms with Crippen LogP contribution in [0, 0.1) is 5.92 Å². The van der Waals surface area contributed by atoms with E-state index in [2.05, 4.69) is 6.92 Å². The van der Waals surface area contributed by atoms with Gasteiger partial charge in [0.15, 0.2) is 0 Å². The summed E-state index contributed by atoms with van der Waals surface area (Å²) in [5.41, 5.74) is -0.381. The second-order valence-electron chi connectivity index (χ2n) is 5.64. The molecule has 0 saturated heterocycles. The molecule has 0 amide bonds. The molecule has 1 saturated carbocycles. The first kappa shape index (κ1) is 13.1. The summed E-state index contributed by atoms with van der Waals surface area (Å²) >= 11 is 0. The van der Waals surface area contributed by atoms with Crippen molar-refractivity contribution in [3.8, 4) is 0 Å². The van der Waals surface area contributed by atoms with E-state index in [1.807, 2.05) is 7.85 Å². The van der Waals surface area contributed by atoms with Crippen LogP contribution < -0.4 is 0 Å². The van der Waals surface area contributed by atoms with Crippen LogP contribution in [-0.4, -0.2) is 18.5 Å². The molecule has 0 radical (unpaired) electrons. The van der Waals surface area contributed by atoms with E-state index in [9.17, 15) is 5.11 Å². The van der Waals surface area contributed by atoms with Crippen LogP contribution in [0.15, 0.2) is 0 Å². The molecule has 2 heteroatoms. The zero-order valence-corrected chi connectivity index (χ0v) is 10.6. The maximum absolute atomic E-state index is 10.1. The van der Waals surface area contributed by atoms with E-state index in [1.54, 1.807) is 0 Å². The van der Waals surface area contributed by atoms with E-state index in [0.29, 0.717) is 0 Å². The first-order valence-corrected chi connectivity index (χ1v) is 6.86. The Morgan fingerprint density at radius 1 is 1.13 bits per heavy atom. The van der Waals surface area contributed by atoms with Crippen molar-refractivity contribution < 1.29 is 5.11 Å². The van der Waals surface area contributed by atoms with Gasteiger partial charge >= 0.3 is 0 Å². The fraction of sp³-hybridized carbons (Fsp3) is 1.00. The molecule has 0 spiro atoms. The summed E-state index contributed by atoms with van der Waals surface area (Å²) in [6.07, 6.45) is 12.6. The quantitative estimate of drug-likeness (QED) is 0.695. The summed E-state index contributed by atoms with van der Waals surface area (Å²) in [5, 5.41) is 10.1. The van der Waals surface area contributed by atoms with Gasteiger partial charge in [0.2, 0.25) is 0 Å². The molecule has 1 aliphatic carbocycles. The van der Waals surface area contributed by atoms with Crippen LogP contribution in [0.2, 0.25) is 0 Å². The van der Waals surface area contributed by atoms with Crippen molar-refractivity contribution in [2.75, 3.05) is 0 Å². The highest BCUT2D eigenvalue weighted by Crippen LogP contribution is 2.27. The highest BCUT2D eigenvalue weighted by Gasteiger charge is 2.21. The summed E-state index contributed by atoms with van der Waals surface area (Å²) in [6.45, 7) is 2.29. The lowest BCUT2D eigenvalue weighted by Crippen LogP contribution is -2.29. The van der Waals surface area contributed by atoms with E-state index in [-0.39, 0.29) is 5.50 Å². The molecule has 1 fully saturated rings. The minimum Gasteiger partial charge on any atom is -0.399 e. The average molecular weight is 210 g/mol. The van der Waals surface area contributed by atoms with Gasteiger partial charge in [-0.05, 0) is 18.8 Å². The predicted octanol–water partition coefficient (Wildman–Crippen LogP) is 2.86. The predicted molar refractivity (Wildman–Crippen MR) is 68.8 cm³/mol. The molecule has 1 aliphatic rings. The van der Waals surface area contributed by atoms with Gasteiger partial charge < -0.3 is 5.11 Å². The summed E-state index contributed by atoms with van der Waals surface area (Å²) < 4.78 is 0. The molecule has 0 bridgehead atoms. The lowest BCUT2D eigenvalue weighted by Gasteiger charge is -2.26. The molecule has 1 unspecified atom stereocenters. The zero-order chi connectivity index (χ0) is 11.1. The molecule has 2 atom stereocenters. The summed E-state index contributed by atoms with van der Waals surface area (Å²) in [4.78, 5) is 0. The number of hydrogen-bond acceptors (Lipinski definition) is 1. The average Bonchev–Trinajstić information content (AvgIpc) is 2.16. The van der Waals surface area contributed by atoms with Gasteiger partial charge in [-0.2, -0.15) is 0 Å². The van der Waals surface area contributed by atoms with Gasteiger partial charge in [-0.15, -0.1) is 0 Å². The van der Waals surface area contributed by atoms with Crippen LogP contribution in [-0.2, 0) is 0 Å². The normalized spacial score (nSPS) is 34.9. The Bertz CT molecular complexity index is 168.